The molecule has 0 aliphatic carbocycles. The normalized spacial score (nSPS) is 14.0. The van der Waals surface area contributed by atoms with E-state index in [2.05, 4.69) is 111 Å². The molecule has 1 amide bonds. The maximum absolute atomic E-state index is 13.2. The Hall–Kier alpha value is -2.96. The van der Waals surface area contributed by atoms with E-state index in [0.717, 1.165) is 89.9 Å². The summed E-state index contributed by atoms with van der Waals surface area (Å²) in [5.41, 5.74) is 0. The number of hydrogen-bond donors (Lipinski definition) is 3. The Morgan fingerprint density at radius 2 is 0.935 bits per heavy atom. The van der Waals surface area contributed by atoms with Gasteiger partial charge >= 0.3 is 5.97 Å². The molecule has 0 radical (unpaired) electrons. The number of nitrogens with one attached hydrogen (secondary N) is 1. The first-order chi connectivity index (χ1) is 30.5. The largest absolute Gasteiger partial charge is 0.462 e. The van der Waals surface area contributed by atoms with E-state index in [9.17, 15) is 19.8 Å². The number of carbonyl (C=O) groups is 2. The highest BCUT2D eigenvalue weighted by Gasteiger charge is 2.24. The third-order valence-electron chi connectivity index (χ3n) is 11.2. The number of amides is 1. The molecule has 62 heavy (non-hydrogen) atoms. The van der Waals surface area contributed by atoms with E-state index >= 15 is 0 Å². The van der Waals surface area contributed by atoms with Crippen molar-refractivity contribution >= 4 is 11.9 Å². The molecule has 0 aromatic rings. The van der Waals surface area contributed by atoms with Crippen molar-refractivity contribution in [2.45, 2.75) is 251 Å². The number of hydrogen-bond acceptors (Lipinski definition) is 5. The zero-order chi connectivity index (χ0) is 45.2. The molecule has 0 aromatic carbocycles. The van der Waals surface area contributed by atoms with Gasteiger partial charge in [0.05, 0.1) is 25.2 Å². The Labute approximate surface area is 383 Å². The minimum absolute atomic E-state index is 0.0299. The van der Waals surface area contributed by atoms with Gasteiger partial charge in [-0.25, -0.2) is 0 Å². The maximum Gasteiger partial charge on any atom is 0.306 e. The summed E-state index contributed by atoms with van der Waals surface area (Å²) in [5, 5.41) is 23.7. The summed E-state index contributed by atoms with van der Waals surface area (Å²) >= 11 is 0. The summed E-state index contributed by atoms with van der Waals surface area (Å²) in [5.74, 6) is -0.548. The molecule has 0 aromatic heterocycles. The first-order valence-electron chi connectivity index (χ1n) is 25.8. The molecule has 0 aliphatic rings. The number of aliphatic hydroxyl groups is 2. The number of esters is 1. The number of carbonyl (C=O) groups excluding carboxylic acids is 2. The third-order valence-corrected chi connectivity index (χ3v) is 11.2. The quantitative estimate of drug-likeness (QED) is 0.0245. The van der Waals surface area contributed by atoms with Crippen LogP contribution in [0, 0.1) is 0 Å². The Bertz CT molecular complexity index is 1200. The molecule has 0 fully saturated rings. The number of aliphatic hydroxyl groups excluding tert-OH is 2. The molecule has 0 heterocycles. The predicted octanol–water partition coefficient (Wildman–Crippen LogP) is 15.6. The minimum Gasteiger partial charge on any atom is -0.462 e. The summed E-state index contributed by atoms with van der Waals surface area (Å²) in [7, 11) is 0. The van der Waals surface area contributed by atoms with Crippen molar-refractivity contribution in [3.8, 4) is 0 Å². The van der Waals surface area contributed by atoms with Crippen molar-refractivity contribution in [1.82, 2.24) is 5.32 Å². The third kappa shape index (κ3) is 43.7. The van der Waals surface area contributed by atoms with Crippen LogP contribution in [-0.2, 0) is 14.3 Å². The average Bonchev–Trinajstić information content (AvgIpc) is 3.26. The smallest absolute Gasteiger partial charge is 0.306 e. The van der Waals surface area contributed by atoms with Crippen molar-refractivity contribution in [3.05, 3.63) is 85.1 Å². The number of unbranched alkanes of at least 4 members (excludes halogenated alkanes) is 20. The lowest BCUT2D eigenvalue weighted by atomic mass is 10.0. The van der Waals surface area contributed by atoms with Crippen LogP contribution in [0.25, 0.3) is 0 Å². The number of allylic oxidation sites excluding steroid dienone is 14. The fourth-order valence-corrected chi connectivity index (χ4v) is 7.33. The Morgan fingerprint density at radius 1 is 0.500 bits per heavy atom. The summed E-state index contributed by atoms with van der Waals surface area (Å²) < 4.78 is 5.90. The molecule has 0 bridgehead atoms. The first kappa shape index (κ1) is 59.0. The molecule has 3 N–H and O–H groups in total. The van der Waals surface area contributed by atoms with Gasteiger partial charge in [0.2, 0.25) is 5.91 Å². The molecular weight excluding hydrogens is 767 g/mol. The van der Waals surface area contributed by atoms with E-state index < -0.39 is 18.2 Å². The zero-order valence-electron chi connectivity index (χ0n) is 40.5. The lowest BCUT2D eigenvalue weighted by molar-refractivity contribution is -0.151. The van der Waals surface area contributed by atoms with Crippen LogP contribution in [0.2, 0.25) is 0 Å². The molecule has 6 heteroatoms. The lowest BCUT2D eigenvalue weighted by Gasteiger charge is -2.24. The van der Waals surface area contributed by atoms with E-state index in [1.807, 2.05) is 0 Å². The van der Waals surface area contributed by atoms with Crippen LogP contribution in [0.3, 0.4) is 0 Å². The molecule has 0 aliphatic heterocycles. The molecule has 3 atom stereocenters. The maximum atomic E-state index is 13.2. The minimum atomic E-state index is -0.808. The SMILES string of the molecule is CC/C=C\C/C=C\C/C=C\C/C=C\C/C=C\CCCC(CC(=O)NC(CO)C(O)CCCCCCCCCCCCC)OC(=O)CCCCCCCC/C=C/C=C/CCCCC. The summed E-state index contributed by atoms with van der Waals surface area (Å²) in [6.07, 6.45) is 63.5. The molecule has 3 unspecified atom stereocenters. The van der Waals surface area contributed by atoms with E-state index in [0.29, 0.717) is 19.3 Å². The highest BCUT2D eigenvalue weighted by molar-refractivity contribution is 5.77. The summed E-state index contributed by atoms with van der Waals surface area (Å²) in [4.78, 5) is 26.1. The van der Waals surface area contributed by atoms with Gasteiger partial charge in [-0.05, 0) is 89.9 Å². The van der Waals surface area contributed by atoms with Crippen LogP contribution in [0.5, 0.6) is 0 Å². The van der Waals surface area contributed by atoms with Gasteiger partial charge in [0.15, 0.2) is 0 Å². The van der Waals surface area contributed by atoms with Crippen LogP contribution in [0.1, 0.15) is 233 Å². The van der Waals surface area contributed by atoms with Gasteiger partial charge in [-0.3, -0.25) is 9.59 Å². The van der Waals surface area contributed by atoms with Gasteiger partial charge in [0.1, 0.15) is 6.10 Å². The molecule has 0 spiro atoms. The van der Waals surface area contributed by atoms with E-state index in [-0.39, 0.29) is 24.9 Å². The van der Waals surface area contributed by atoms with Gasteiger partial charge < -0.3 is 20.3 Å². The van der Waals surface area contributed by atoms with E-state index in [1.165, 1.54) is 96.3 Å². The second-order valence-electron chi connectivity index (χ2n) is 17.2. The van der Waals surface area contributed by atoms with Crippen LogP contribution in [0.4, 0.5) is 0 Å². The van der Waals surface area contributed by atoms with Crippen molar-refractivity contribution in [2.24, 2.45) is 0 Å². The van der Waals surface area contributed by atoms with Gasteiger partial charge in [0.25, 0.3) is 0 Å². The Morgan fingerprint density at radius 3 is 1.47 bits per heavy atom. The van der Waals surface area contributed by atoms with Crippen LogP contribution in [0.15, 0.2) is 85.1 Å². The van der Waals surface area contributed by atoms with Crippen LogP contribution in [-0.4, -0.2) is 46.9 Å². The van der Waals surface area contributed by atoms with Crippen LogP contribution >= 0.6 is 0 Å². The highest BCUT2D eigenvalue weighted by Crippen LogP contribution is 2.16. The Balaban J connectivity index is 4.74. The number of rotatable bonds is 45. The van der Waals surface area contributed by atoms with E-state index in [1.54, 1.807) is 0 Å². The Kier molecular flexibility index (Phi) is 46.7. The summed E-state index contributed by atoms with van der Waals surface area (Å²) in [6.45, 7) is 6.31. The standard InChI is InChI=1S/C56H97NO5/c1-4-7-10-13-16-19-22-24-26-27-29-30-33-35-38-41-44-47-52(62-56(61)49-46-43-40-37-34-31-28-25-23-20-17-14-11-8-5-2)50-55(60)57-53(51-58)54(59)48-45-42-39-36-32-21-18-15-12-9-6-3/h7,10,16-17,19-20,23-26,29-30,35,38,52-54,58-59H,4-6,8-9,11-15,18,21-22,27-28,31-34,36-37,39-51H2,1-3H3,(H,57,60)/b10-7-,19-16-,20-17+,25-23+,26-24-,30-29-,38-35-. The fraction of sp³-hybridized carbons (Fsp3) is 0.714. The van der Waals surface area contributed by atoms with Crippen molar-refractivity contribution in [1.29, 1.82) is 0 Å². The van der Waals surface area contributed by atoms with Gasteiger partial charge in [0, 0.05) is 6.42 Å². The molecule has 0 saturated carbocycles. The van der Waals surface area contributed by atoms with Crippen molar-refractivity contribution in [2.75, 3.05) is 6.61 Å². The van der Waals surface area contributed by atoms with Crippen molar-refractivity contribution < 1.29 is 24.5 Å². The van der Waals surface area contributed by atoms with Gasteiger partial charge in [-0.1, -0.05) is 215 Å². The molecule has 356 valence electrons. The predicted molar refractivity (Wildman–Crippen MR) is 268 cm³/mol. The average molecular weight is 864 g/mol. The topological polar surface area (TPSA) is 95.9 Å². The van der Waals surface area contributed by atoms with Gasteiger partial charge in [-0.15, -0.1) is 0 Å². The number of ether oxygens (including phenoxy) is 1. The molecule has 0 saturated heterocycles. The monoisotopic (exact) mass is 864 g/mol. The highest BCUT2D eigenvalue weighted by atomic mass is 16.5. The fourth-order valence-electron chi connectivity index (χ4n) is 7.33. The molecule has 6 nitrogen and oxygen atoms in total. The summed E-state index contributed by atoms with van der Waals surface area (Å²) in [6, 6.07) is -0.726. The van der Waals surface area contributed by atoms with Crippen molar-refractivity contribution in [3.63, 3.8) is 0 Å². The van der Waals surface area contributed by atoms with Crippen LogP contribution < -0.4 is 5.32 Å². The second kappa shape index (κ2) is 49.1. The lowest BCUT2D eigenvalue weighted by Crippen LogP contribution is -2.46. The van der Waals surface area contributed by atoms with Gasteiger partial charge in [-0.2, -0.15) is 0 Å². The second-order valence-corrected chi connectivity index (χ2v) is 17.2. The van der Waals surface area contributed by atoms with E-state index in [4.69, 9.17) is 4.74 Å². The molecule has 0 rings (SSSR count). The molecular formula is C56H97NO5. The zero-order valence-corrected chi connectivity index (χ0v) is 40.5. The first-order valence-corrected chi connectivity index (χ1v) is 25.8.